The molecule has 2 heterocycles. The second-order valence-electron chi connectivity index (χ2n) is 3.42. The first kappa shape index (κ1) is 19.5. The molecular weight excluding hydrogens is 407 g/mol. The van der Waals surface area contributed by atoms with Crippen molar-refractivity contribution in [1.29, 1.82) is 0 Å². The first-order chi connectivity index (χ1) is 6.81. The standard InChI is InChI=1S/C10H13NO3.CH3.2Pd/c12-7-8-4-5-10(14-8)11-6-2-1-3-9(11)13;;;/h1-3,6,8,10,12H,4-5,7H2;1H3;;/q;-1;;. The summed E-state index contributed by atoms with van der Waals surface area (Å²) in [5.74, 6) is 0. The zero-order valence-corrected chi connectivity index (χ0v) is 12.5. The molecule has 0 aliphatic carbocycles. The Bertz CT molecular complexity index is 370. The van der Waals surface area contributed by atoms with Crippen molar-refractivity contribution in [2.45, 2.75) is 25.2 Å². The number of nitrogens with zero attached hydrogens (tertiary/aromatic N) is 1. The molecule has 1 aromatic heterocycles. The SMILES string of the molecule is O=c1ccccn1C1CCC(CO)O1.[CH3-].[Pd].[Pd]. The van der Waals surface area contributed by atoms with Crippen molar-refractivity contribution in [3.05, 3.63) is 42.2 Å². The van der Waals surface area contributed by atoms with Crippen LogP contribution in [0.3, 0.4) is 0 Å². The zero-order chi connectivity index (χ0) is 9.97. The molecule has 1 aromatic rings. The molecule has 1 fully saturated rings. The summed E-state index contributed by atoms with van der Waals surface area (Å²) < 4.78 is 7.06. The van der Waals surface area contributed by atoms with Crippen molar-refractivity contribution in [3.63, 3.8) is 0 Å². The van der Waals surface area contributed by atoms with E-state index in [4.69, 9.17) is 9.84 Å². The monoisotopic (exact) mass is 422 g/mol. The largest absolute Gasteiger partial charge is 0.394 e. The molecule has 1 aliphatic heterocycles. The first-order valence-electron chi connectivity index (χ1n) is 4.75. The van der Waals surface area contributed by atoms with Crippen LogP contribution in [0.2, 0.25) is 0 Å². The van der Waals surface area contributed by atoms with Gasteiger partial charge in [0.05, 0.1) is 12.7 Å². The number of hydrogen-bond acceptors (Lipinski definition) is 3. The summed E-state index contributed by atoms with van der Waals surface area (Å²) in [4.78, 5) is 11.4. The number of hydrogen-bond donors (Lipinski definition) is 1. The molecule has 104 valence electrons. The van der Waals surface area contributed by atoms with Crippen molar-refractivity contribution in [3.8, 4) is 0 Å². The normalized spacial score (nSPS) is 21.9. The van der Waals surface area contributed by atoms with E-state index in [0.29, 0.717) is 0 Å². The van der Waals surface area contributed by atoms with Gasteiger partial charge in [0.1, 0.15) is 6.23 Å². The third-order valence-electron chi connectivity index (χ3n) is 2.45. The zero-order valence-electron chi connectivity index (χ0n) is 9.43. The minimum atomic E-state index is -0.208. The number of aliphatic hydroxyl groups is 1. The van der Waals surface area contributed by atoms with Crippen LogP contribution in [0, 0.1) is 7.43 Å². The van der Waals surface area contributed by atoms with Crippen LogP contribution < -0.4 is 5.56 Å². The van der Waals surface area contributed by atoms with E-state index in [1.807, 2.05) is 0 Å². The molecule has 1 N–H and O–H groups in total. The van der Waals surface area contributed by atoms with Gasteiger partial charge in [-0.1, -0.05) is 6.07 Å². The van der Waals surface area contributed by atoms with Crippen molar-refractivity contribution in [1.82, 2.24) is 4.57 Å². The Labute approximate surface area is 129 Å². The van der Waals surface area contributed by atoms with Gasteiger partial charge in [0, 0.05) is 53.1 Å². The van der Waals surface area contributed by atoms with Crippen LogP contribution in [0.4, 0.5) is 0 Å². The van der Waals surface area contributed by atoms with Gasteiger partial charge in [-0.3, -0.25) is 9.36 Å². The smallest absolute Gasteiger partial charge is 0.252 e. The van der Waals surface area contributed by atoms with Crippen LogP contribution >= 0.6 is 0 Å². The second kappa shape index (κ2) is 9.17. The maximum Gasteiger partial charge on any atom is 0.252 e. The molecule has 17 heavy (non-hydrogen) atoms. The minimum absolute atomic E-state index is 0. The third kappa shape index (κ3) is 4.76. The Morgan fingerprint density at radius 2 is 2.06 bits per heavy atom. The molecule has 1 aliphatic rings. The summed E-state index contributed by atoms with van der Waals surface area (Å²) in [6, 6.07) is 5.02. The fourth-order valence-corrected chi connectivity index (χ4v) is 1.70. The quantitative estimate of drug-likeness (QED) is 0.570. The summed E-state index contributed by atoms with van der Waals surface area (Å²) in [7, 11) is 0. The fourth-order valence-electron chi connectivity index (χ4n) is 1.70. The van der Waals surface area contributed by atoms with E-state index in [2.05, 4.69) is 0 Å². The van der Waals surface area contributed by atoms with E-state index in [1.165, 1.54) is 6.07 Å². The molecule has 0 radical (unpaired) electrons. The maximum atomic E-state index is 11.4. The number of aromatic nitrogens is 1. The average molecular weight is 423 g/mol. The van der Waals surface area contributed by atoms with Gasteiger partial charge in [0.25, 0.3) is 5.56 Å². The van der Waals surface area contributed by atoms with E-state index >= 15 is 0 Å². The van der Waals surface area contributed by atoms with E-state index < -0.39 is 0 Å². The van der Waals surface area contributed by atoms with E-state index in [1.54, 1.807) is 22.9 Å². The maximum absolute atomic E-state index is 11.4. The van der Waals surface area contributed by atoms with Gasteiger partial charge in [0.2, 0.25) is 0 Å². The number of ether oxygens (including phenoxy) is 1. The van der Waals surface area contributed by atoms with Crippen LogP contribution in [-0.2, 0) is 45.6 Å². The summed E-state index contributed by atoms with van der Waals surface area (Å²) in [5.41, 5.74) is -0.0592. The van der Waals surface area contributed by atoms with Crippen LogP contribution in [-0.4, -0.2) is 22.4 Å². The van der Waals surface area contributed by atoms with Crippen LogP contribution in [0.15, 0.2) is 29.2 Å². The summed E-state index contributed by atoms with van der Waals surface area (Å²) >= 11 is 0. The topological polar surface area (TPSA) is 51.5 Å². The van der Waals surface area contributed by atoms with Crippen LogP contribution in [0.5, 0.6) is 0 Å². The van der Waals surface area contributed by atoms with Crippen LogP contribution in [0.1, 0.15) is 19.1 Å². The van der Waals surface area contributed by atoms with Gasteiger partial charge >= 0.3 is 0 Å². The molecule has 6 heteroatoms. The van der Waals surface area contributed by atoms with Crippen molar-refractivity contribution < 1.29 is 50.7 Å². The Morgan fingerprint density at radius 3 is 2.59 bits per heavy atom. The van der Waals surface area contributed by atoms with Gasteiger partial charge in [-0.05, 0) is 18.9 Å². The summed E-state index contributed by atoms with van der Waals surface area (Å²) in [6.07, 6.45) is 2.98. The van der Waals surface area contributed by atoms with Gasteiger partial charge in [0.15, 0.2) is 0 Å². The average Bonchev–Trinajstić information content (AvgIpc) is 2.67. The van der Waals surface area contributed by atoms with Gasteiger partial charge in [-0.2, -0.15) is 0 Å². The molecular formula is C11H16NO3Pd2-. The van der Waals surface area contributed by atoms with Crippen molar-refractivity contribution >= 4 is 0 Å². The molecule has 2 unspecified atom stereocenters. The molecule has 0 saturated carbocycles. The van der Waals surface area contributed by atoms with Gasteiger partial charge < -0.3 is 17.3 Å². The van der Waals surface area contributed by atoms with Crippen molar-refractivity contribution in [2.75, 3.05) is 6.61 Å². The number of pyridine rings is 1. The Morgan fingerprint density at radius 1 is 1.35 bits per heavy atom. The predicted molar refractivity (Wildman–Crippen MR) is 57.3 cm³/mol. The summed E-state index contributed by atoms with van der Waals surface area (Å²) in [5, 5.41) is 8.89. The number of aliphatic hydroxyl groups excluding tert-OH is 1. The van der Waals surface area contributed by atoms with E-state index in [0.717, 1.165) is 12.8 Å². The molecule has 0 aromatic carbocycles. The number of rotatable bonds is 2. The Hall–Kier alpha value is 0.195. The van der Waals surface area contributed by atoms with Crippen LogP contribution in [0.25, 0.3) is 0 Å². The molecule has 1 saturated heterocycles. The van der Waals surface area contributed by atoms with E-state index in [-0.39, 0.29) is 72.8 Å². The molecule has 2 rings (SSSR count). The molecule has 4 nitrogen and oxygen atoms in total. The second-order valence-corrected chi connectivity index (χ2v) is 3.42. The fraction of sp³-hybridized carbons (Fsp3) is 0.455. The van der Waals surface area contributed by atoms with Gasteiger partial charge in [-0.15, -0.1) is 0 Å². The minimum Gasteiger partial charge on any atom is -0.394 e. The predicted octanol–water partition coefficient (Wildman–Crippen LogP) is 0.963. The molecule has 0 bridgehead atoms. The molecule has 0 spiro atoms. The van der Waals surface area contributed by atoms with Crippen molar-refractivity contribution in [2.24, 2.45) is 0 Å². The Balaban J connectivity index is 0. The third-order valence-corrected chi connectivity index (χ3v) is 2.45. The van der Waals surface area contributed by atoms with E-state index in [9.17, 15) is 4.79 Å². The molecule has 2 atom stereocenters. The Kier molecular flexibility index (Phi) is 10.5. The first-order valence-corrected chi connectivity index (χ1v) is 4.75. The molecule has 0 amide bonds. The summed E-state index contributed by atoms with van der Waals surface area (Å²) in [6.45, 7) is 0.0259. The van der Waals surface area contributed by atoms with Gasteiger partial charge in [-0.25, -0.2) is 0 Å².